The Hall–Kier alpha value is -0.0900. The van der Waals surface area contributed by atoms with Crippen LogP contribution in [0.1, 0.15) is 46.0 Å². The number of hydrogen-bond acceptors (Lipinski definition) is 3. The van der Waals surface area contributed by atoms with Crippen LogP contribution >= 0.6 is 11.8 Å². The number of carbonyl (C=O) groups is 1. The maximum Gasteiger partial charge on any atom is 0.333 e. The van der Waals surface area contributed by atoms with Crippen LogP contribution in [-0.2, 0) is 21.3 Å². The van der Waals surface area contributed by atoms with Crippen molar-refractivity contribution in [2.45, 2.75) is 56.1 Å². The van der Waals surface area contributed by atoms with Gasteiger partial charge in [-0.3, -0.25) is 0 Å². The van der Waals surface area contributed by atoms with Crippen LogP contribution in [0.3, 0.4) is 0 Å². The molecule has 1 aliphatic heterocycles. The molecule has 0 radical (unpaired) electrons. The van der Waals surface area contributed by atoms with E-state index in [0.717, 1.165) is 17.1 Å². The maximum absolute atomic E-state index is 11.7. The third-order valence-electron chi connectivity index (χ3n) is 3.78. The Balaban J connectivity index is 1.81. The summed E-state index contributed by atoms with van der Waals surface area (Å²) < 4.78 is 6.04. The molecular formula is C14H23O2S2+. The molecular weight excluding hydrogens is 264 g/mol. The van der Waals surface area contributed by atoms with Crippen molar-refractivity contribution in [3.8, 4) is 0 Å². The first-order valence-electron chi connectivity index (χ1n) is 6.82. The molecule has 1 saturated carbocycles. The Bertz CT molecular complexity index is 323. The predicted octanol–water partition coefficient (Wildman–Crippen LogP) is 3.09. The summed E-state index contributed by atoms with van der Waals surface area (Å²) >= 11 is 3.54. The average Bonchev–Trinajstić information content (AvgIpc) is 2.41. The highest BCUT2D eigenvalue weighted by molar-refractivity contribution is 8.11. The molecule has 2 aliphatic rings. The van der Waals surface area contributed by atoms with E-state index in [9.17, 15) is 4.79 Å². The number of carbonyl (C=O) groups excluding carboxylic acids is 1. The summed E-state index contributed by atoms with van der Waals surface area (Å²) in [5.41, 5.74) is 0.717. The zero-order chi connectivity index (χ0) is 13.0. The zero-order valence-electron chi connectivity index (χ0n) is 11.3. The molecule has 102 valence electrons. The minimum Gasteiger partial charge on any atom is -0.453 e. The lowest BCUT2D eigenvalue weighted by Gasteiger charge is -2.35. The van der Waals surface area contributed by atoms with Crippen molar-refractivity contribution in [1.82, 2.24) is 0 Å². The summed E-state index contributed by atoms with van der Waals surface area (Å²) in [6, 6.07) is 0. The smallest absolute Gasteiger partial charge is 0.333 e. The van der Waals surface area contributed by atoms with Crippen molar-refractivity contribution in [2.24, 2.45) is 0 Å². The Morgan fingerprint density at radius 3 is 2.67 bits per heavy atom. The molecule has 2 rings (SSSR count). The fourth-order valence-electron chi connectivity index (χ4n) is 2.45. The molecule has 4 heteroatoms. The molecule has 0 bridgehead atoms. The molecule has 0 aromatic carbocycles. The molecule has 0 aromatic rings. The van der Waals surface area contributed by atoms with Crippen molar-refractivity contribution in [2.75, 3.05) is 11.5 Å². The predicted molar refractivity (Wildman–Crippen MR) is 81.2 cm³/mol. The van der Waals surface area contributed by atoms with Crippen molar-refractivity contribution in [1.29, 1.82) is 0 Å². The maximum atomic E-state index is 11.7. The van der Waals surface area contributed by atoms with Gasteiger partial charge >= 0.3 is 5.97 Å². The van der Waals surface area contributed by atoms with E-state index < -0.39 is 0 Å². The van der Waals surface area contributed by atoms with Gasteiger partial charge in [-0.05, 0) is 38.5 Å². The summed E-state index contributed by atoms with van der Waals surface area (Å²) in [7, 11) is 0. The quantitative estimate of drug-likeness (QED) is 0.338. The number of esters is 1. The molecule has 0 aromatic heterocycles. The van der Waals surface area contributed by atoms with Crippen molar-refractivity contribution >= 4 is 29.5 Å². The van der Waals surface area contributed by atoms with E-state index in [1.54, 1.807) is 0 Å². The highest BCUT2D eigenvalue weighted by Gasteiger charge is 2.45. The van der Waals surface area contributed by atoms with E-state index in [4.69, 9.17) is 4.74 Å². The normalized spacial score (nSPS) is 28.1. The number of ether oxygens (including phenoxy) is 1. The van der Waals surface area contributed by atoms with Gasteiger partial charge in [0.2, 0.25) is 0 Å². The summed E-state index contributed by atoms with van der Waals surface area (Å²) in [4.78, 5) is 11.7. The molecule has 1 saturated heterocycles. The highest BCUT2D eigenvalue weighted by Crippen LogP contribution is 2.44. The van der Waals surface area contributed by atoms with Gasteiger partial charge in [-0.15, -0.1) is 0 Å². The minimum atomic E-state index is -0.141. The highest BCUT2D eigenvalue weighted by atomic mass is 32.2. The molecule has 0 N–H and O–H groups in total. The topological polar surface area (TPSA) is 26.3 Å². The molecule has 1 atom stereocenters. The van der Waals surface area contributed by atoms with Crippen LogP contribution in [0.15, 0.2) is 11.6 Å². The van der Waals surface area contributed by atoms with E-state index in [0.29, 0.717) is 4.08 Å². The SMILES string of the molecule is C/C=C(\C)C(=O)OC1CSC2(CCCCC2)[SH+]C1. The molecule has 1 aliphatic carbocycles. The van der Waals surface area contributed by atoms with Gasteiger partial charge in [-0.25, -0.2) is 4.79 Å². The van der Waals surface area contributed by atoms with E-state index in [1.165, 1.54) is 43.9 Å². The minimum absolute atomic E-state index is 0.117. The van der Waals surface area contributed by atoms with Gasteiger partial charge in [0.15, 0.2) is 10.2 Å². The second-order valence-corrected chi connectivity index (χ2v) is 8.40. The van der Waals surface area contributed by atoms with E-state index in [-0.39, 0.29) is 12.1 Å². The fraction of sp³-hybridized carbons (Fsp3) is 0.786. The Labute approximate surface area is 118 Å². The molecule has 18 heavy (non-hydrogen) atoms. The van der Waals surface area contributed by atoms with Crippen LogP contribution in [0.25, 0.3) is 0 Å². The lowest BCUT2D eigenvalue weighted by Crippen LogP contribution is -2.41. The standard InChI is InChI=1S/C14H22O2S2/c1-3-11(2)13(15)16-12-9-17-14(18-10-12)7-5-4-6-8-14/h3,12H,4-10H2,1-2H3/p+1/b11-3+. The third kappa shape index (κ3) is 3.47. The first-order chi connectivity index (χ1) is 8.65. The lowest BCUT2D eigenvalue weighted by molar-refractivity contribution is -0.142. The molecule has 1 unspecified atom stereocenters. The van der Waals surface area contributed by atoms with Crippen LogP contribution in [0.4, 0.5) is 0 Å². The Morgan fingerprint density at radius 1 is 1.39 bits per heavy atom. The Kier molecular flexibility index (Phi) is 5.07. The number of rotatable bonds is 2. The molecule has 1 heterocycles. The molecule has 0 amide bonds. The summed E-state index contributed by atoms with van der Waals surface area (Å²) in [6.45, 7) is 3.69. The van der Waals surface area contributed by atoms with E-state index >= 15 is 0 Å². The number of thiol groups is 1. The molecule has 1 spiro atoms. The summed E-state index contributed by atoms with van der Waals surface area (Å²) in [6.07, 6.45) is 8.80. The van der Waals surface area contributed by atoms with Crippen molar-refractivity contribution in [3.63, 3.8) is 0 Å². The van der Waals surface area contributed by atoms with Gasteiger partial charge in [0.1, 0.15) is 5.75 Å². The first-order valence-corrected chi connectivity index (χ1v) is 8.88. The molecule has 2 nitrogen and oxygen atoms in total. The van der Waals surface area contributed by atoms with Crippen LogP contribution < -0.4 is 0 Å². The van der Waals surface area contributed by atoms with Crippen LogP contribution in [0.2, 0.25) is 0 Å². The first kappa shape index (κ1) is 14.3. The number of allylic oxidation sites excluding steroid dienone is 1. The summed E-state index contributed by atoms with van der Waals surface area (Å²) in [5.74, 6) is 1.86. The molecule has 2 fully saturated rings. The van der Waals surface area contributed by atoms with Gasteiger partial charge < -0.3 is 4.74 Å². The third-order valence-corrected chi connectivity index (χ3v) is 7.66. The van der Waals surface area contributed by atoms with E-state index in [1.807, 2.05) is 31.7 Å². The van der Waals surface area contributed by atoms with Gasteiger partial charge in [-0.2, -0.15) is 0 Å². The van der Waals surface area contributed by atoms with Gasteiger partial charge in [-0.1, -0.05) is 24.3 Å². The lowest BCUT2D eigenvalue weighted by atomic mass is 10.00. The van der Waals surface area contributed by atoms with Gasteiger partial charge in [0.25, 0.3) is 0 Å². The largest absolute Gasteiger partial charge is 0.453 e. The van der Waals surface area contributed by atoms with Crippen LogP contribution in [0.5, 0.6) is 0 Å². The van der Waals surface area contributed by atoms with Crippen molar-refractivity contribution < 1.29 is 9.53 Å². The Morgan fingerprint density at radius 2 is 2.11 bits per heavy atom. The van der Waals surface area contributed by atoms with Crippen molar-refractivity contribution in [3.05, 3.63) is 11.6 Å². The van der Waals surface area contributed by atoms with Crippen LogP contribution in [-0.4, -0.2) is 27.7 Å². The van der Waals surface area contributed by atoms with Crippen LogP contribution in [0, 0.1) is 0 Å². The second kappa shape index (κ2) is 6.38. The van der Waals surface area contributed by atoms with Gasteiger partial charge in [0, 0.05) is 24.2 Å². The summed E-state index contributed by atoms with van der Waals surface area (Å²) in [5, 5.41) is 0. The van der Waals surface area contributed by atoms with E-state index in [2.05, 4.69) is 0 Å². The zero-order valence-corrected chi connectivity index (χ0v) is 13.0. The number of hydrogen-bond donors (Lipinski definition) is 0. The number of thioether (sulfide) groups is 1. The fourth-order valence-corrected chi connectivity index (χ4v) is 6.07. The monoisotopic (exact) mass is 287 g/mol. The van der Waals surface area contributed by atoms with Gasteiger partial charge in [0.05, 0.1) is 0 Å². The average molecular weight is 287 g/mol. The second-order valence-electron chi connectivity index (χ2n) is 5.16.